The largest absolute Gasteiger partial charge is 0.390 e. The van der Waals surface area contributed by atoms with Crippen LogP contribution in [0.4, 0.5) is 8.78 Å². The number of aliphatic hydroxyl groups excluding tert-OH is 1. The Morgan fingerprint density at radius 1 is 1.39 bits per heavy atom. The predicted molar refractivity (Wildman–Crippen MR) is 54.9 cm³/mol. The Morgan fingerprint density at radius 3 is 2.50 bits per heavy atom. The van der Waals surface area contributed by atoms with Crippen LogP contribution in [0.25, 0.3) is 0 Å². The molecule has 0 aromatic carbocycles. The first kappa shape index (κ1) is 14.5. The summed E-state index contributed by atoms with van der Waals surface area (Å²) >= 11 is 0. The van der Waals surface area contributed by atoms with E-state index in [9.17, 15) is 26.8 Å². The molecule has 11 heteroatoms. The van der Waals surface area contributed by atoms with Crippen molar-refractivity contribution >= 4 is 10.0 Å². The number of halogens is 2. The van der Waals surface area contributed by atoms with Crippen molar-refractivity contribution in [3.8, 4) is 0 Å². The quantitative estimate of drug-likeness (QED) is 0.495. The monoisotopic (exact) mass is 285 g/mol. The van der Waals surface area contributed by atoms with E-state index in [1.165, 1.54) is 4.72 Å². The van der Waals surface area contributed by atoms with E-state index in [4.69, 9.17) is 5.11 Å². The predicted octanol–water partition coefficient (Wildman–Crippen LogP) is -2.03. The third-order valence-corrected chi connectivity index (χ3v) is 3.23. The van der Waals surface area contributed by atoms with Crippen LogP contribution in [0.1, 0.15) is 0 Å². The third kappa shape index (κ3) is 3.45. The fourth-order valence-corrected chi connectivity index (χ4v) is 2.00. The number of hydrogen-bond acceptors (Lipinski definition) is 5. The fraction of sp³-hybridized carbons (Fsp3) is 0.429. The van der Waals surface area contributed by atoms with Crippen LogP contribution in [-0.4, -0.2) is 42.6 Å². The zero-order chi connectivity index (χ0) is 14.0. The van der Waals surface area contributed by atoms with Crippen molar-refractivity contribution in [1.29, 1.82) is 0 Å². The van der Waals surface area contributed by atoms with Crippen molar-refractivity contribution in [2.75, 3.05) is 13.2 Å². The average Bonchev–Trinajstić information content (AvgIpc) is 2.26. The van der Waals surface area contributed by atoms with E-state index in [1.54, 1.807) is 4.98 Å². The molecule has 0 radical (unpaired) electrons. The molecule has 0 amide bonds. The normalized spacial score (nSPS) is 12.6. The highest BCUT2D eigenvalue weighted by Crippen LogP contribution is 2.11. The summed E-state index contributed by atoms with van der Waals surface area (Å²) in [6.07, 6.45) is 0.584. The number of aromatic amines is 2. The van der Waals surface area contributed by atoms with Crippen LogP contribution < -0.4 is 16.0 Å². The Kier molecular flexibility index (Phi) is 3.98. The molecular formula is C7H9F2N3O5S. The van der Waals surface area contributed by atoms with Gasteiger partial charge in [-0.25, -0.2) is 26.7 Å². The van der Waals surface area contributed by atoms with Crippen LogP contribution >= 0.6 is 0 Å². The molecule has 0 spiro atoms. The zero-order valence-corrected chi connectivity index (χ0v) is 9.55. The summed E-state index contributed by atoms with van der Waals surface area (Å²) < 4.78 is 49.7. The van der Waals surface area contributed by atoms with Crippen molar-refractivity contribution < 1.29 is 22.3 Å². The molecule has 1 aromatic rings. The highest BCUT2D eigenvalue weighted by molar-refractivity contribution is 7.89. The minimum Gasteiger partial charge on any atom is -0.390 e. The SMILES string of the molecule is O=c1[nH]cc(S(=O)(=O)NCC(F)(F)CO)c(=O)[nH]1. The van der Waals surface area contributed by atoms with Crippen molar-refractivity contribution in [1.82, 2.24) is 14.7 Å². The number of alkyl halides is 2. The number of hydrogen-bond donors (Lipinski definition) is 4. The molecule has 1 rings (SSSR count). The molecule has 18 heavy (non-hydrogen) atoms. The standard InChI is InChI=1S/C7H9F2N3O5S/c8-7(9,3-13)2-11-18(16,17)4-1-10-6(15)12-5(4)14/h1,11,13H,2-3H2,(H2,10,12,14,15). The fourth-order valence-electron chi connectivity index (χ4n) is 0.931. The number of nitrogens with one attached hydrogen (secondary N) is 3. The second-order valence-electron chi connectivity index (χ2n) is 3.27. The molecular weight excluding hydrogens is 276 g/mol. The van der Waals surface area contributed by atoms with Crippen LogP contribution in [0.3, 0.4) is 0 Å². The first-order valence-corrected chi connectivity index (χ1v) is 5.97. The summed E-state index contributed by atoms with van der Waals surface area (Å²) in [4.78, 5) is 24.4. The van der Waals surface area contributed by atoms with E-state index in [2.05, 4.69) is 0 Å². The molecule has 102 valence electrons. The van der Waals surface area contributed by atoms with E-state index < -0.39 is 45.2 Å². The number of rotatable bonds is 5. The lowest BCUT2D eigenvalue weighted by atomic mass is 10.4. The summed E-state index contributed by atoms with van der Waals surface area (Å²) in [6, 6.07) is 0. The Morgan fingerprint density at radius 2 is 2.00 bits per heavy atom. The highest BCUT2D eigenvalue weighted by Gasteiger charge is 2.31. The Labute approximate surface area is 98.7 Å². The van der Waals surface area contributed by atoms with Gasteiger partial charge in [0.25, 0.3) is 11.5 Å². The molecule has 1 aromatic heterocycles. The van der Waals surface area contributed by atoms with Gasteiger partial charge >= 0.3 is 5.69 Å². The van der Waals surface area contributed by atoms with E-state index in [0.29, 0.717) is 6.20 Å². The Balaban J connectivity index is 3.01. The molecule has 0 aliphatic heterocycles. The molecule has 0 bridgehead atoms. The molecule has 0 aliphatic carbocycles. The summed E-state index contributed by atoms with van der Waals surface area (Å²) in [5, 5.41) is 8.25. The van der Waals surface area contributed by atoms with Gasteiger partial charge in [-0.1, -0.05) is 0 Å². The van der Waals surface area contributed by atoms with Crippen LogP contribution in [0.5, 0.6) is 0 Å². The van der Waals surface area contributed by atoms with Crippen molar-refractivity contribution in [2.45, 2.75) is 10.8 Å². The summed E-state index contributed by atoms with van der Waals surface area (Å²) in [7, 11) is -4.51. The van der Waals surface area contributed by atoms with Gasteiger partial charge in [-0.2, -0.15) is 0 Å². The topological polar surface area (TPSA) is 132 Å². The van der Waals surface area contributed by atoms with Crippen LogP contribution in [-0.2, 0) is 10.0 Å². The van der Waals surface area contributed by atoms with E-state index >= 15 is 0 Å². The van der Waals surface area contributed by atoms with Gasteiger partial charge < -0.3 is 10.1 Å². The van der Waals surface area contributed by atoms with Gasteiger partial charge in [0, 0.05) is 6.20 Å². The van der Waals surface area contributed by atoms with Gasteiger partial charge in [0.15, 0.2) is 4.90 Å². The van der Waals surface area contributed by atoms with Crippen molar-refractivity contribution in [3.63, 3.8) is 0 Å². The molecule has 0 unspecified atom stereocenters. The lowest BCUT2D eigenvalue weighted by Crippen LogP contribution is -2.41. The average molecular weight is 285 g/mol. The van der Waals surface area contributed by atoms with Crippen LogP contribution in [0, 0.1) is 0 Å². The number of aliphatic hydroxyl groups is 1. The number of sulfonamides is 1. The maximum Gasteiger partial charge on any atom is 0.325 e. The van der Waals surface area contributed by atoms with Crippen molar-refractivity contribution in [3.05, 3.63) is 27.0 Å². The first-order valence-electron chi connectivity index (χ1n) is 4.48. The molecule has 0 aliphatic rings. The smallest absolute Gasteiger partial charge is 0.325 e. The Bertz CT molecular complexity index is 635. The summed E-state index contributed by atoms with van der Waals surface area (Å²) in [5.41, 5.74) is -2.17. The minimum atomic E-state index is -4.51. The highest BCUT2D eigenvalue weighted by atomic mass is 32.2. The maximum atomic E-state index is 12.6. The second kappa shape index (κ2) is 4.96. The van der Waals surface area contributed by atoms with Gasteiger partial charge in [0.2, 0.25) is 10.0 Å². The van der Waals surface area contributed by atoms with E-state index in [0.717, 1.165) is 0 Å². The van der Waals surface area contributed by atoms with E-state index in [1.807, 2.05) is 4.98 Å². The molecule has 0 atom stereocenters. The summed E-state index contributed by atoms with van der Waals surface area (Å²) in [5.74, 6) is -3.65. The van der Waals surface area contributed by atoms with E-state index in [-0.39, 0.29) is 0 Å². The van der Waals surface area contributed by atoms with Gasteiger partial charge in [-0.3, -0.25) is 9.78 Å². The number of aromatic nitrogens is 2. The second-order valence-corrected chi connectivity index (χ2v) is 5.01. The van der Waals surface area contributed by atoms with Crippen LogP contribution in [0.15, 0.2) is 20.7 Å². The lowest BCUT2D eigenvalue weighted by Gasteiger charge is -2.13. The Hall–Kier alpha value is -1.59. The van der Waals surface area contributed by atoms with Crippen LogP contribution in [0.2, 0.25) is 0 Å². The summed E-state index contributed by atoms with van der Waals surface area (Å²) in [6.45, 7) is -2.91. The lowest BCUT2D eigenvalue weighted by molar-refractivity contribution is -0.0437. The molecule has 1 heterocycles. The third-order valence-electron chi connectivity index (χ3n) is 1.83. The minimum absolute atomic E-state index is 0.584. The van der Waals surface area contributed by atoms with Crippen molar-refractivity contribution in [2.24, 2.45) is 0 Å². The molecule has 4 N–H and O–H groups in total. The zero-order valence-electron chi connectivity index (χ0n) is 8.74. The maximum absolute atomic E-state index is 12.6. The molecule has 0 saturated carbocycles. The van der Waals surface area contributed by atoms with Gasteiger partial charge in [-0.15, -0.1) is 0 Å². The van der Waals surface area contributed by atoms with Gasteiger partial charge in [0.05, 0.1) is 6.54 Å². The molecule has 8 nitrogen and oxygen atoms in total. The number of H-pyrrole nitrogens is 2. The first-order chi connectivity index (χ1) is 8.18. The molecule has 0 fully saturated rings. The molecule has 0 saturated heterocycles. The van der Waals surface area contributed by atoms with Gasteiger partial charge in [0.1, 0.15) is 6.61 Å². The van der Waals surface area contributed by atoms with Gasteiger partial charge in [-0.05, 0) is 0 Å².